The van der Waals surface area contributed by atoms with E-state index < -0.39 is 10.8 Å². The number of nitrogens with zero attached hydrogens (tertiary/aromatic N) is 2. The van der Waals surface area contributed by atoms with Crippen molar-refractivity contribution < 1.29 is 14.5 Å². The van der Waals surface area contributed by atoms with Crippen molar-refractivity contribution in [2.45, 2.75) is 6.61 Å². The summed E-state index contributed by atoms with van der Waals surface area (Å²) in [7, 11) is 0. The van der Waals surface area contributed by atoms with E-state index in [1.165, 1.54) is 30.3 Å². The van der Waals surface area contributed by atoms with Crippen molar-refractivity contribution in [2.24, 2.45) is 0 Å². The minimum atomic E-state index is -0.638. The molecule has 0 spiro atoms. The minimum Gasteiger partial charge on any atom is -0.488 e. The van der Waals surface area contributed by atoms with Crippen molar-refractivity contribution in [3.8, 4) is 11.8 Å². The van der Waals surface area contributed by atoms with E-state index in [0.29, 0.717) is 23.6 Å². The van der Waals surface area contributed by atoms with Gasteiger partial charge in [0.25, 0.3) is 11.6 Å². The Morgan fingerprint density at radius 2 is 1.80 bits per heavy atom. The molecule has 4 aromatic rings. The highest BCUT2D eigenvalue weighted by Crippen LogP contribution is 2.28. The number of amides is 1. The van der Waals surface area contributed by atoms with Gasteiger partial charge in [-0.3, -0.25) is 14.9 Å². The number of halogens is 1. The Labute approximate surface area is 209 Å². The third kappa shape index (κ3) is 5.72. The zero-order valence-corrected chi connectivity index (χ0v) is 19.9. The first-order chi connectivity index (χ1) is 16.9. The first-order valence-electron chi connectivity index (χ1n) is 10.5. The van der Waals surface area contributed by atoms with E-state index in [9.17, 15) is 20.2 Å². The molecular weight excluding hydrogens is 510 g/mol. The molecule has 0 atom stereocenters. The average Bonchev–Trinajstić information content (AvgIpc) is 2.87. The number of hydrogen-bond donors (Lipinski definition) is 1. The SMILES string of the molecule is N#CC(=Cc1cc(Br)ccc1OCc1cccc2ccccc12)C(=O)Nc1ccc([N+](=O)[O-])cc1. The lowest BCUT2D eigenvalue weighted by Gasteiger charge is -2.12. The Morgan fingerprint density at radius 3 is 2.54 bits per heavy atom. The predicted molar refractivity (Wildman–Crippen MR) is 138 cm³/mol. The number of nitro groups is 1. The van der Waals surface area contributed by atoms with E-state index in [2.05, 4.69) is 21.2 Å². The Morgan fingerprint density at radius 1 is 1.06 bits per heavy atom. The highest BCUT2D eigenvalue weighted by atomic mass is 79.9. The van der Waals surface area contributed by atoms with Gasteiger partial charge in [0.15, 0.2) is 0 Å². The number of carbonyl (C=O) groups excluding carboxylic acids is 1. The summed E-state index contributed by atoms with van der Waals surface area (Å²) in [5.41, 5.74) is 1.66. The molecule has 0 aliphatic carbocycles. The topological polar surface area (TPSA) is 105 Å². The Kier molecular flexibility index (Phi) is 7.19. The van der Waals surface area contributed by atoms with Crippen LogP contribution in [0.3, 0.4) is 0 Å². The number of carbonyl (C=O) groups is 1. The van der Waals surface area contributed by atoms with Gasteiger partial charge in [0.05, 0.1) is 4.92 Å². The van der Waals surface area contributed by atoms with Crippen molar-refractivity contribution in [3.63, 3.8) is 0 Å². The van der Waals surface area contributed by atoms with Crippen molar-refractivity contribution >= 4 is 50.1 Å². The molecule has 0 saturated heterocycles. The van der Waals surface area contributed by atoms with Crippen LogP contribution < -0.4 is 10.1 Å². The monoisotopic (exact) mass is 527 g/mol. The lowest BCUT2D eigenvalue weighted by Crippen LogP contribution is -2.13. The highest BCUT2D eigenvalue weighted by molar-refractivity contribution is 9.10. The number of non-ortho nitro benzene ring substituents is 1. The van der Waals surface area contributed by atoms with Crippen molar-refractivity contribution in [1.82, 2.24) is 0 Å². The number of ether oxygens (including phenoxy) is 1. The number of nitriles is 1. The fourth-order valence-corrected chi connectivity index (χ4v) is 3.89. The third-order valence-electron chi connectivity index (χ3n) is 5.24. The van der Waals surface area contributed by atoms with Crippen LogP contribution in [0.4, 0.5) is 11.4 Å². The molecule has 0 radical (unpaired) electrons. The molecule has 0 bridgehead atoms. The first kappa shape index (κ1) is 23.7. The third-order valence-corrected chi connectivity index (χ3v) is 5.73. The summed E-state index contributed by atoms with van der Waals surface area (Å²) >= 11 is 3.42. The summed E-state index contributed by atoms with van der Waals surface area (Å²) in [4.78, 5) is 23.0. The molecule has 0 aliphatic rings. The molecule has 4 rings (SSSR count). The van der Waals surface area contributed by atoms with Gasteiger partial charge in [-0.25, -0.2) is 0 Å². The molecule has 0 aromatic heterocycles. The normalized spacial score (nSPS) is 11.0. The molecule has 0 fully saturated rings. The molecule has 35 heavy (non-hydrogen) atoms. The van der Waals surface area contributed by atoms with Crippen LogP contribution in [0.15, 0.2) is 95.0 Å². The van der Waals surface area contributed by atoms with Gasteiger partial charge in [-0.2, -0.15) is 5.26 Å². The summed E-state index contributed by atoms with van der Waals surface area (Å²) in [5, 5.41) is 25.2. The van der Waals surface area contributed by atoms with Crippen LogP contribution in [0.2, 0.25) is 0 Å². The molecule has 1 amide bonds. The summed E-state index contributed by atoms with van der Waals surface area (Å²) in [5.74, 6) is -0.127. The summed E-state index contributed by atoms with van der Waals surface area (Å²) in [6.07, 6.45) is 1.45. The van der Waals surface area contributed by atoms with E-state index in [4.69, 9.17) is 4.74 Å². The van der Waals surface area contributed by atoms with Crippen LogP contribution in [-0.2, 0) is 11.4 Å². The van der Waals surface area contributed by atoms with Crippen molar-refractivity contribution in [2.75, 3.05) is 5.32 Å². The van der Waals surface area contributed by atoms with E-state index in [1.807, 2.05) is 54.6 Å². The van der Waals surface area contributed by atoms with E-state index in [-0.39, 0.29) is 11.3 Å². The number of rotatable bonds is 7. The molecule has 0 saturated carbocycles. The standard InChI is InChI=1S/C27H18BrN3O4/c28-22-8-13-26(35-17-19-6-3-5-18-4-1-2-7-25(18)19)20(15-22)14-21(16-29)27(32)30-23-9-11-24(12-10-23)31(33)34/h1-15H,17H2,(H,30,32). The Balaban J connectivity index is 1.57. The number of anilines is 1. The van der Waals surface area contributed by atoms with Crippen molar-refractivity contribution in [1.29, 1.82) is 5.26 Å². The Bertz CT molecular complexity index is 1490. The Hall–Kier alpha value is -4.48. The van der Waals surface area contributed by atoms with E-state index in [1.54, 1.807) is 12.1 Å². The van der Waals surface area contributed by atoms with Gasteiger partial charge < -0.3 is 10.1 Å². The van der Waals surface area contributed by atoms with Crippen LogP contribution in [0.5, 0.6) is 5.75 Å². The molecule has 0 unspecified atom stereocenters. The smallest absolute Gasteiger partial charge is 0.269 e. The molecule has 1 N–H and O–H groups in total. The quantitative estimate of drug-likeness (QED) is 0.125. The van der Waals surface area contributed by atoms with E-state index in [0.717, 1.165) is 20.8 Å². The lowest BCUT2D eigenvalue weighted by atomic mass is 10.1. The van der Waals surface area contributed by atoms with Gasteiger partial charge in [0, 0.05) is 27.9 Å². The van der Waals surface area contributed by atoms with Crippen LogP contribution in [0, 0.1) is 21.4 Å². The van der Waals surface area contributed by atoms with E-state index >= 15 is 0 Å². The number of nitro benzene ring substituents is 1. The van der Waals surface area contributed by atoms with Gasteiger partial charge in [0.2, 0.25) is 0 Å². The zero-order chi connectivity index (χ0) is 24.8. The number of fused-ring (bicyclic) bond motifs is 1. The molecule has 8 heteroatoms. The van der Waals surface area contributed by atoms with Crippen molar-refractivity contribution in [3.05, 3.63) is 116 Å². The van der Waals surface area contributed by atoms with Gasteiger partial charge >= 0.3 is 0 Å². The molecular formula is C27H18BrN3O4. The average molecular weight is 528 g/mol. The lowest BCUT2D eigenvalue weighted by molar-refractivity contribution is -0.384. The maximum atomic E-state index is 12.7. The fraction of sp³-hybridized carbons (Fsp3) is 0.0370. The summed E-state index contributed by atoms with van der Waals surface area (Å²) in [6.45, 7) is 0.306. The van der Waals surface area contributed by atoms with Crippen LogP contribution >= 0.6 is 15.9 Å². The number of nitrogens with one attached hydrogen (secondary N) is 1. The molecule has 0 heterocycles. The van der Waals surface area contributed by atoms with Crippen LogP contribution in [-0.4, -0.2) is 10.8 Å². The predicted octanol–water partition coefficient (Wildman–Crippen LogP) is 6.64. The second-order valence-corrected chi connectivity index (χ2v) is 8.45. The second-order valence-electron chi connectivity index (χ2n) is 7.54. The molecule has 172 valence electrons. The highest BCUT2D eigenvalue weighted by Gasteiger charge is 2.13. The maximum Gasteiger partial charge on any atom is 0.269 e. The molecule has 7 nitrogen and oxygen atoms in total. The van der Waals surface area contributed by atoms with Crippen LogP contribution in [0.25, 0.3) is 16.8 Å². The largest absolute Gasteiger partial charge is 0.488 e. The summed E-state index contributed by atoms with van der Waals surface area (Å²) < 4.78 is 6.85. The number of benzene rings is 4. The minimum absolute atomic E-state index is 0.0961. The van der Waals surface area contributed by atoms with Gasteiger partial charge in [0.1, 0.15) is 24.0 Å². The second kappa shape index (κ2) is 10.6. The maximum absolute atomic E-state index is 12.7. The first-order valence-corrected chi connectivity index (χ1v) is 11.3. The van der Waals surface area contributed by atoms with Gasteiger partial charge in [-0.1, -0.05) is 58.4 Å². The fourth-order valence-electron chi connectivity index (χ4n) is 3.51. The van der Waals surface area contributed by atoms with Gasteiger partial charge in [-0.15, -0.1) is 0 Å². The molecule has 4 aromatic carbocycles. The summed E-state index contributed by atoms with van der Waals surface area (Å²) in [6, 6.07) is 26.7. The molecule has 0 aliphatic heterocycles. The van der Waals surface area contributed by atoms with Gasteiger partial charge in [-0.05, 0) is 52.7 Å². The van der Waals surface area contributed by atoms with Crippen LogP contribution in [0.1, 0.15) is 11.1 Å². The number of hydrogen-bond acceptors (Lipinski definition) is 5. The zero-order valence-electron chi connectivity index (χ0n) is 18.3.